The van der Waals surface area contributed by atoms with Crippen LogP contribution in [0, 0.1) is 20.8 Å². The molecule has 2 aromatic rings. The number of carbonyl (C=O) groups is 2. The average molecular weight is 302 g/mol. The number of carbonyl (C=O) groups excluding carboxylic acids is 2. The molecule has 0 radical (unpaired) electrons. The monoisotopic (exact) mass is 302 g/mol. The molecule has 1 aromatic carbocycles. The number of rotatable bonds is 4. The molecule has 1 aromatic heterocycles. The lowest BCUT2D eigenvalue weighted by atomic mass is 9.97. The molecule has 0 saturated carbocycles. The number of anilines is 1. The van der Waals surface area contributed by atoms with Crippen LogP contribution in [0.5, 0.6) is 0 Å². The van der Waals surface area contributed by atoms with Crippen molar-refractivity contribution in [3.63, 3.8) is 0 Å². The Hall–Kier alpha value is -2.14. The molecule has 0 fully saturated rings. The highest BCUT2D eigenvalue weighted by Gasteiger charge is 2.14. The van der Waals surface area contributed by atoms with Crippen molar-refractivity contribution in [2.45, 2.75) is 27.2 Å². The predicted molar refractivity (Wildman–Crippen MR) is 85.8 cm³/mol. The lowest BCUT2D eigenvalue weighted by Gasteiger charge is -2.11. The van der Waals surface area contributed by atoms with Gasteiger partial charge >= 0.3 is 0 Å². The average Bonchev–Trinajstić information content (AvgIpc) is 2.82. The zero-order chi connectivity index (χ0) is 15.6. The van der Waals surface area contributed by atoms with Gasteiger partial charge in [-0.2, -0.15) is 0 Å². The first kappa shape index (κ1) is 15.3. The van der Waals surface area contributed by atoms with Crippen molar-refractivity contribution in [3.8, 4) is 0 Å². The third-order valence-corrected chi connectivity index (χ3v) is 4.19. The Labute approximate surface area is 128 Å². The van der Waals surface area contributed by atoms with Gasteiger partial charge in [-0.3, -0.25) is 9.59 Å². The van der Waals surface area contributed by atoms with Crippen LogP contribution in [-0.4, -0.2) is 11.8 Å². The van der Waals surface area contributed by atoms with E-state index in [-0.39, 0.29) is 12.3 Å². The van der Waals surface area contributed by atoms with Crippen LogP contribution in [0.4, 0.5) is 5.00 Å². The highest BCUT2D eigenvalue weighted by molar-refractivity contribution is 7.14. The molecule has 0 atom stereocenters. The van der Waals surface area contributed by atoms with Gasteiger partial charge in [-0.1, -0.05) is 17.7 Å². The summed E-state index contributed by atoms with van der Waals surface area (Å²) in [4.78, 5) is 23.4. The van der Waals surface area contributed by atoms with E-state index >= 15 is 0 Å². The quantitative estimate of drug-likeness (QED) is 0.911. The molecule has 2 amide bonds. The maximum Gasteiger partial charge on any atom is 0.251 e. The van der Waals surface area contributed by atoms with Gasteiger partial charge in [-0.05, 0) is 48.9 Å². The Morgan fingerprint density at radius 2 is 1.81 bits per heavy atom. The highest BCUT2D eigenvalue weighted by Crippen LogP contribution is 2.23. The van der Waals surface area contributed by atoms with Gasteiger partial charge in [0.05, 0.1) is 12.0 Å². The number of nitrogens with two attached hydrogens (primary N) is 1. The predicted octanol–water partition coefficient (Wildman–Crippen LogP) is 2.95. The number of amides is 2. The Bertz CT molecular complexity index is 681. The topological polar surface area (TPSA) is 72.2 Å². The van der Waals surface area contributed by atoms with Gasteiger partial charge in [0.1, 0.15) is 5.00 Å². The van der Waals surface area contributed by atoms with Gasteiger partial charge in [0.15, 0.2) is 0 Å². The maximum absolute atomic E-state index is 12.2. The number of hydrogen-bond acceptors (Lipinski definition) is 3. The van der Waals surface area contributed by atoms with Crippen molar-refractivity contribution in [2.24, 2.45) is 5.73 Å². The van der Waals surface area contributed by atoms with Crippen LogP contribution < -0.4 is 11.1 Å². The summed E-state index contributed by atoms with van der Waals surface area (Å²) in [6.07, 6.45) is 0.286. The third kappa shape index (κ3) is 3.49. The number of thiophene rings is 1. The molecule has 0 aliphatic heterocycles. The van der Waals surface area contributed by atoms with E-state index in [1.807, 2.05) is 20.8 Å². The van der Waals surface area contributed by atoms with Crippen LogP contribution >= 0.6 is 11.3 Å². The van der Waals surface area contributed by atoms with Crippen LogP contribution in [0.25, 0.3) is 0 Å². The summed E-state index contributed by atoms with van der Waals surface area (Å²) in [5.41, 5.74) is 10.0. The second kappa shape index (κ2) is 6.10. The molecule has 3 N–H and O–H groups in total. The number of hydrogen-bond donors (Lipinski definition) is 2. The molecule has 5 heteroatoms. The summed E-state index contributed by atoms with van der Waals surface area (Å²) in [5.74, 6) is -0.677. The molecular formula is C16H18N2O2S. The minimum atomic E-state index is -0.533. The Balaban J connectivity index is 2.16. The van der Waals surface area contributed by atoms with E-state index < -0.39 is 5.91 Å². The van der Waals surface area contributed by atoms with Crippen LogP contribution in [0.15, 0.2) is 23.6 Å². The Morgan fingerprint density at radius 1 is 1.19 bits per heavy atom. The van der Waals surface area contributed by atoms with Gasteiger partial charge in [0.2, 0.25) is 5.91 Å². The van der Waals surface area contributed by atoms with E-state index in [9.17, 15) is 9.59 Å². The molecule has 110 valence electrons. The van der Waals surface area contributed by atoms with Gasteiger partial charge in [0.25, 0.3) is 5.91 Å². The van der Waals surface area contributed by atoms with Crippen LogP contribution in [-0.2, 0) is 11.2 Å². The van der Waals surface area contributed by atoms with Crippen molar-refractivity contribution >= 4 is 28.2 Å². The summed E-state index contributed by atoms with van der Waals surface area (Å²) in [6.45, 7) is 6.04. The molecule has 0 saturated heterocycles. The van der Waals surface area contributed by atoms with E-state index in [2.05, 4.69) is 17.4 Å². The molecule has 2 rings (SSSR count). The summed E-state index contributed by atoms with van der Waals surface area (Å²) in [6, 6.07) is 5.75. The van der Waals surface area contributed by atoms with E-state index in [4.69, 9.17) is 5.73 Å². The molecule has 1 heterocycles. The van der Waals surface area contributed by atoms with Crippen molar-refractivity contribution in [1.82, 2.24) is 0 Å². The molecule has 0 aliphatic rings. The third-order valence-electron chi connectivity index (χ3n) is 3.36. The van der Waals surface area contributed by atoms with Crippen LogP contribution in [0.1, 0.15) is 32.6 Å². The Kier molecular flexibility index (Phi) is 4.43. The Morgan fingerprint density at radius 3 is 2.38 bits per heavy atom. The molecule has 21 heavy (non-hydrogen) atoms. The molecule has 4 nitrogen and oxygen atoms in total. The standard InChI is InChI=1S/C16H18N2O2S/c1-9-6-10(2)13(11(3)7-9)8-14(19)18-16-12(15(17)20)4-5-21-16/h4-7H,8H2,1-3H3,(H2,17,20)(H,18,19). The number of nitrogens with one attached hydrogen (secondary N) is 1. The van der Waals surface area contributed by atoms with Crippen molar-refractivity contribution in [2.75, 3.05) is 5.32 Å². The van der Waals surface area contributed by atoms with E-state index in [0.717, 1.165) is 16.7 Å². The van der Waals surface area contributed by atoms with Crippen molar-refractivity contribution in [3.05, 3.63) is 51.4 Å². The first-order valence-corrected chi connectivity index (χ1v) is 7.50. The molecule has 0 spiro atoms. The van der Waals surface area contributed by atoms with Crippen LogP contribution in [0.3, 0.4) is 0 Å². The van der Waals surface area contributed by atoms with E-state index in [1.165, 1.54) is 16.9 Å². The fourth-order valence-electron chi connectivity index (χ4n) is 2.42. The lowest BCUT2D eigenvalue weighted by Crippen LogP contribution is -2.18. The smallest absolute Gasteiger partial charge is 0.251 e. The number of primary amides is 1. The fourth-order valence-corrected chi connectivity index (χ4v) is 3.23. The highest BCUT2D eigenvalue weighted by atomic mass is 32.1. The second-order valence-electron chi connectivity index (χ2n) is 5.13. The van der Waals surface area contributed by atoms with Crippen molar-refractivity contribution in [1.29, 1.82) is 0 Å². The summed E-state index contributed by atoms with van der Waals surface area (Å²) in [7, 11) is 0. The molecule has 0 unspecified atom stereocenters. The van der Waals surface area contributed by atoms with Gasteiger partial charge in [0, 0.05) is 0 Å². The van der Waals surface area contributed by atoms with Crippen LogP contribution in [0.2, 0.25) is 0 Å². The zero-order valence-corrected chi connectivity index (χ0v) is 13.1. The van der Waals surface area contributed by atoms with E-state index in [0.29, 0.717) is 10.6 Å². The molecule has 0 bridgehead atoms. The zero-order valence-electron chi connectivity index (χ0n) is 12.3. The van der Waals surface area contributed by atoms with Gasteiger partial charge in [-0.15, -0.1) is 11.3 Å². The number of aryl methyl sites for hydroxylation is 3. The van der Waals surface area contributed by atoms with Gasteiger partial charge in [-0.25, -0.2) is 0 Å². The summed E-state index contributed by atoms with van der Waals surface area (Å²) in [5, 5.41) is 5.01. The molecular weight excluding hydrogens is 284 g/mol. The summed E-state index contributed by atoms with van der Waals surface area (Å²) < 4.78 is 0. The van der Waals surface area contributed by atoms with Gasteiger partial charge < -0.3 is 11.1 Å². The maximum atomic E-state index is 12.2. The minimum Gasteiger partial charge on any atom is -0.366 e. The first-order chi connectivity index (χ1) is 9.88. The fraction of sp³-hybridized carbons (Fsp3) is 0.250. The second-order valence-corrected chi connectivity index (χ2v) is 6.05. The van der Waals surface area contributed by atoms with Crippen molar-refractivity contribution < 1.29 is 9.59 Å². The minimum absolute atomic E-state index is 0.144. The largest absolute Gasteiger partial charge is 0.366 e. The lowest BCUT2D eigenvalue weighted by molar-refractivity contribution is -0.115. The normalized spacial score (nSPS) is 10.4. The summed E-state index contributed by atoms with van der Waals surface area (Å²) >= 11 is 1.29. The van der Waals surface area contributed by atoms with E-state index in [1.54, 1.807) is 11.4 Å². The molecule has 0 aliphatic carbocycles. The first-order valence-electron chi connectivity index (χ1n) is 6.62. The number of benzene rings is 1. The SMILES string of the molecule is Cc1cc(C)c(CC(=O)Nc2sccc2C(N)=O)c(C)c1.